The summed E-state index contributed by atoms with van der Waals surface area (Å²) >= 11 is 0. The molecule has 0 aromatic carbocycles. The largest absolute Gasteiger partial charge is 0.350 e. The van der Waals surface area contributed by atoms with Gasteiger partial charge in [0.1, 0.15) is 5.82 Å². The molecule has 0 aliphatic heterocycles. The third-order valence-corrected chi connectivity index (χ3v) is 6.44. The lowest BCUT2D eigenvalue weighted by atomic mass is 9.91. The summed E-state index contributed by atoms with van der Waals surface area (Å²) in [5, 5.41) is 11.6. The monoisotopic (exact) mass is 418 g/mol. The van der Waals surface area contributed by atoms with Crippen molar-refractivity contribution in [2.75, 3.05) is 12.4 Å². The Morgan fingerprint density at radius 2 is 1.81 bits per heavy atom. The summed E-state index contributed by atoms with van der Waals surface area (Å²) in [6, 6.07) is 5.65. The number of hydrogen-bond donors (Lipinski definition) is 2. The molecule has 162 valence electrons. The van der Waals surface area contributed by atoms with Crippen molar-refractivity contribution in [3.05, 3.63) is 36.5 Å². The Bertz CT molecular complexity index is 1210. The van der Waals surface area contributed by atoms with E-state index >= 15 is 0 Å². The number of imidazole rings is 1. The van der Waals surface area contributed by atoms with Crippen LogP contribution in [0.3, 0.4) is 0 Å². The number of hydrogen-bond acceptors (Lipinski definition) is 6. The first-order valence-electron chi connectivity index (χ1n) is 11.2. The quantitative estimate of drug-likeness (QED) is 0.510. The third-order valence-electron chi connectivity index (χ3n) is 6.44. The van der Waals surface area contributed by atoms with Crippen molar-refractivity contribution in [3.8, 4) is 11.1 Å². The first kappa shape index (κ1) is 19.9. The number of fused-ring (bicyclic) bond motifs is 2. The average molecular weight is 419 g/mol. The second kappa shape index (κ2) is 7.92. The standard InChI is InChI=1S/C23H30N8/c1-14(2)31-15(3)27-22-20(31)11-16(12-25-22)19-9-10-30-21(19)13-26-23(29-30)28-18-7-5-17(24-4)6-8-18/h9-14,17-18,24H,5-8H2,1-4H3,(H,28,29)/t17-,18+. The Hall–Kier alpha value is -3.00. The van der Waals surface area contributed by atoms with Crippen LogP contribution in [0.5, 0.6) is 0 Å². The van der Waals surface area contributed by atoms with Crippen LogP contribution in [0.15, 0.2) is 30.7 Å². The molecule has 31 heavy (non-hydrogen) atoms. The van der Waals surface area contributed by atoms with Crippen LogP contribution in [0.1, 0.15) is 51.4 Å². The number of nitrogens with one attached hydrogen (secondary N) is 2. The van der Waals surface area contributed by atoms with Gasteiger partial charge >= 0.3 is 0 Å². The molecule has 4 heterocycles. The highest BCUT2D eigenvalue weighted by Crippen LogP contribution is 2.29. The molecule has 8 heteroatoms. The normalized spacial score (nSPS) is 19.5. The molecule has 4 aromatic heterocycles. The third kappa shape index (κ3) is 3.65. The van der Waals surface area contributed by atoms with Gasteiger partial charge in [-0.15, -0.1) is 5.10 Å². The van der Waals surface area contributed by atoms with Gasteiger partial charge in [0.25, 0.3) is 0 Å². The zero-order valence-corrected chi connectivity index (χ0v) is 18.6. The zero-order chi connectivity index (χ0) is 21.5. The maximum absolute atomic E-state index is 4.71. The summed E-state index contributed by atoms with van der Waals surface area (Å²) < 4.78 is 4.13. The molecule has 0 saturated heterocycles. The minimum Gasteiger partial charge on any atom is -0.350 e. The van der Waals surface area contributed by atoms with Gasteiger partial charge in [0.2, 0.25) is 5.95 Å². The van der Waals surface area contributed by atoms with Crippen LogP contribution in [0.25, 0.3) is 27.8 Å². The molecule has 0 atom stereocenters. The summed E-state index contributed by atoms with van der Waals surface area (Å²) in [6.07, 6.45) is 10.4. The van der Waals surface area contributed by atoms with Gasteiger partial charge in [-0.3, -0.25) is 0 Å². The van der Waals surface area contributed by atoms with Crippen molar-refractivity contribution < 1.29 is 0 Å². The minimum atomic E-state index is 0.327. The van der Waals surface area contributed by atoms with E-state index in [0.29, 0.717) is 24.1 Å². The second-order valence-electron chi connectivity index (χ2n) is 8.81. The van der Waals surface area contributed by atoms with Crippen molar-refractivity contribution in [2.24, 2.45) is 0 Å². The highest BCUT2D eigenvalue weighted by Gasteiger charge is 2.21. The molecule has 1 aliphatic carbocycles. The molecular weight excluding hydrogens is 388 g/mol. The van der Waals surface area contributed by atoms with Crippen molar-refractivity contribution in [2.45, 2.75) is 64.6 Å². The summed E-state index contributed by atoms with van der Waals surface area (Å²) in [6.45, 7) is 6.37. The van der Waals surface area contributed by atoms with Crippen LogP contribution in [-0.2, 0) is 0 Å². The zero-order valence-electron chi connectivity index (χ0n) is 18.6. The predicted molar refractivity (Wildman–Crippen MR) is 123 cm³/mol. The van der Waals surface area contributed by atoms with E-state index in [1.54, 1.807) is 0 Å². The summed E-state index contributed by atoms with van der Waals surface area (Å²) in [7, 11) is 2.05. The van der Waals surface area contributed by atoms with Crippen molar-refractivity contribution in [3.63, 3.8) is 0 Å². The van der Waals surface area contributed by atoms with Crippen LogP contribution < -0.4 is 10.6 Å². The molecule has 0 amide bonds. The molecule has 2 N–H and O–H groups in total. The first-order valence-corrected chi connectivity index (χ1v) is 11.2. The molecule has 1 saturated carbocycles. The van der Waals surface area contributed by atoms with Gasteiger partial charge in [-0.25, -0.2) is 19.5 Å². The van der Waals surface area contributed by atoms with Gasteiger partial charge in [0, 0.05) is 41.6 Å². The van der Waals surface area contributed by atoms with E-state index in [0.717, 1.165) is 46.5 Å². The highest BCUT2D eigenvalue weighted by atomic mass is 15.3. The molecule has 0 spiro atoms. The second-order valence-corrected chi connectivity index (χ2v) is 8.81. The van der Waals surface area contributed by atoms with Gasteiger partial charge in [0.15, 0.2) is 5.65 Å². The molecule has 4 aromatic rings. The number of aryl methyl sites for hydroxylation is 1. The Balaban J connectivity index is 1.43. The maximum Gasteiger partial charge on any atom is 0.241 e. The van der Waals surface area contributed by atoms with E-state index in [1.165, 1.54) is 12.8 Å². The van der Waals surface area contributed by atoms with Crippen LogP contribution >= 0.6 is 0 Å². The summed E-state index contributed by atoms with van der Waals surface area (Å²) in [4.78, 5) is 13.8. The predicted octanol–water partition coefficient (Wildman–Crippen LogP) is 3.97. The van der Waals surface area contributed by atoms with Crippen molar-refractivity contribution in [1.29, 1.82) is 0 Å². The molecular formula is C23H30N8. The fraction of sp³-hybridized carbons (Fsp3) is 0.478. The topological polar surface area (TPSA) is 85.0 Å². The highest BCUT2D eigenvalue weighted by molar-refractivity contribution is 5.85. The Kier molecular flexibility index (Phi) is 5.09. The lowest BCUT2D eigenvalue weighted by Crippen LogP contribution is -2.35. The van der Waals surface area contributed by atoms with Gasteiger partial charge in [-0.2, -0.15) is 0 Å². The number of rotatable bonds is 5. The van der Waals surface area contributed by atoms with Gasteiger partial charge < -0.3 is 15.2 Å². The SMILES string of the molecule is CN[C@H]1CC[C@@H](Nc2ncc3c(-c4cnc5nc(C)n(C(C)C)c5c4)ccn3n2)CC1. The van der Waals surface area contributed by atoms with E-state index in [1.807, 2.05) is 37.1 Å². The van der Waals surface area contributed by atoms with Gasteiger partial charge in [-0.05, 0) is 65.6 Å². The maximum atomic E-state index is 4.71. The Morgan fingerprint density at radius 3 is 2.55 bits per heavy atom. The average Bonchev–Trinajstić information content (AvgIpc) is 3.33. The summed E-state index contributed by atoms with van der Waals surface area (Å²) in [5.41, 5.74) is 4.93. The summed E-state index contributed by atoms with van der Waals surface area (Å²) in [5.74, 6) is 1.67. The number of nitrogens with zero attached hydrogens (tertiary/aromatic N) is 6. The van der Waals surface area contributed by atoms with E-state index in [4.69, 9.17) is 5.10 Å². The van der Waals surface area contributed by atoms with E-state index < -0.39 is 0 Å². The smallest absolute Gasteiger partial charge is 0.241 e. The fourth-order valence-corrected chi connectivity index (χ4v) is 4.81. The lowest BCUT2D eigenvalue weighted by molar-refractivity contribution is 0.370. The molecule has 1 fully saturated rings. The number of anilines is 1. The fourth-order valence-electron chi connectivity index (χ4n) is 4.81. The Labute approximate surface area is 182 Å². The molecule has 0 radical (unpaired) electrons. The first-order chi connectivity index (χ1) is 15.0. The van der Waals surface area contributed by atoms with Crippen LogP contribution in [0, 0.1) is 6.92 Å². The number of aromatic nitrogens is 6. The van der Waals surface area contributed by atoms with E-state index in [2.05, 4.69) is 56.1 Å². The molecule has 0 unspecified atom stereocenters. The minimum absolute atomic E-state index is 0.327. The van der Waals surface area contributed by atoms with Gasteiger partial charge in [0.05, 0.1) is 17.2 Å². The van der Waals surface area contributed by atoms with Crippen LogP contribution in [0.4, 0.5) is 5.95 Å². The van der Waals surface area contributed by atoms with Crippen LogP contribution in [0.2, 0.25) is 0 Å². The lowest BCUT2D eigenvalue weighted by Gasteiger charge is -2.28. The van der Waals surface area contributed by atoms with E-state index in [9.17, 15) is 0 Å². The van der Waals surface area contributed by atoms with Crippen molar-refractivity contribution >= 4 is 22.6 Å². The molecule has 5 rings (SSSR count). The van der Waals surface area contributed by atoms with E-state index in [-0.39, 0.29) is 0 Å². The molecule has 0 bridgehead atoms. The number of pyridine rings is 1. The van der Waals surface area contributed by atoms with Gasteiger partial charge in [-0.1, -0.05) is 0 Å². The molecule has 8 nitrogen and oxygen atoms in total. The van der Waals surface area contributed by atoms with Crippen molar-refractivity contribution in [1.82, 2.24) is 34.4 Å². The Morgan fingerprint density at radius 1 is 1.03 bits per heavy atom. The van der Waals surface area contributed by atoms with Crippen LogP contribution in [-0.4, -0.2) is 48.3 Å². The molecule has 1 aliphatic rings.